The molecule has 0 rings (SSSR count). The summed E-state index contributed by atoms with van der Waals surface area (Å²) in [7, 11) is 4.05. The fourth-order valence-corrected chi connectivity index (χ4v) is 1.14. The molecule has 4 heteroatoms. The summed E-state index contributed by atoms with van der Waals surface area (Å²) in [6, 6.07) is 0. The Morgan fingerprint density at radius 1 is 1.53 bits per heavy atom. The standard InChI is InChI=1S/C11H24N4/c1-5-7-14-11(13-6-2)10-15(4)9-8-12-3/h6,12H,2,5,7-10H2,1,3-4H3,(H,13,14). The molecule has 88 valence electrons. The highest BCUT2D eigenvalue weighted by atomic mass is 15.1. The Bertz CT molecular complexity index is 189. The van der Waals surface area contributed by atoms with Crippen LogP contribution >= 0.6 is 0 Å². The SMILES string of the molecule is C=CNC(CN(C)CCNC)=NCCC. The van der Waals surface area contributed by atoms with Crippen LogP contribution < -0.4 is 10.6 Å². The van der Waals surface area contributed by atoms with Gasteiger partial charge in [0.1, 0.15) is 5.84 Å². The molecule has 0 fully saturated rings. The summed E-state index contributed by atoms with van der Waals surface area (Å²) in [6.45, 7) is 9.50. The Balaban J connectivity index is 3.97. The molecule has 0 bridgehead atoms. The van der Waals surface area contributed by atoms with Crippen LogP contribution in [0.1, 0.15) is 13.3 Å². The number of hydrogen-bond donors (Lipinski definition) is 2. The molecule has 0 aromatic carbocycles. The second-order valence-corrected chi connectivity index (χ2v) is 3.52. The summed E-state index contributed by atoms with van der Waals surface area (Å²) in [4.78, 5) is 6.68. The molecular weight excluding hydrogens is 188 g/mol. The maximum atomic E-state index is 4.45. The molecule has 0 amide bonds. The number of rotatable bonds is 8. The van der Waals surface area contributed by atoms with Crippen molar-refractivity contribution in [3.8, 4) is 0 Å². The molecule has 0 aliphatic heterocycles. The van der Waals surface area contributed by atoms with E-state index >= 15 is 0 Å². The van der Waals surface area contributed by atoms with Crippen LogP contribution in [-0.2, 0) is 0 Å². The van der Waals surface area contributed by atoms with Crippen molar-refractivity contribution in [2.45, 2.75) is 13.3 Å². The van der Waals surface area contributed by atoms with Crippen LogP contribution in [0, 0.1) is 0 Å². The maximum Gasteiger partial charge on any atom is 0.114 e. The van der Waals surface area contributed by atoms with Gasteiger partial charge in [0.25, 0.3) is 0 Å². The van der Waals surface area contributed by atoms with Gasteiger partial charge in [0.2, 0.25) is 0 Å². The van der Waals surface area contributed by atoms with E-state index in [1.165, 1.54) is 0 Å². The van der Waals surface area contributed by atoms with Crippen molar-refractivity contribution in [2.24, 2.45) is 4.99 Å². The van der Waals surface area contributed by atoms with Gasteiger partial charge in [0.05, 0.1) is 6.54 Å². The van der Waals surface area contributed by atoms with Gasteiger partial charge in [-0.2, -0.15) is 0 Å². The third-order valence-corrected chi connectivity index (χ3v) is 1.96. The van der Waals surface area contributed by atoms with Crippen LogP contribution in [0.25, 0.3) is 0 Å². The number of amidine groups is 1. The molecule has 2 N–H and O–H groups in total. The maximum absolute atomic E-state index is 4.45. The minimum atomic E-state index is 0.841. The summed E-state index contributed by atoms with van der Waals surface area (Å²) in [6.07, 6.45) is 2.75. The van der Waals surface area contributed by atoms with Gasteiger partial charge < -0.3 is 10.6 Å². The van der Waals surface area contributed by atoms with E-state index in [0.29, 0.717) is 0 Å². The summed E-state index contributed by atoms with van der Waals surface area (Å²) in [5.41, 5.74) is 0. The van der Waals surface area contributed by atoms with E-state index in [2.05, 4.69) is 41.1 Å². The second-order valence-electron chi connectivity index (χ2n) is 3.52. The summed E-state index contributed by atoms with van der Waals surface area (Å²) >= 11 is 0. The fraction of sp³-hybridized carbons (Fsp3) is 0.727. The van der Waals surface area contributed by atoms with Crippen molar-refractivity contribution in [2.75, 3.05) is 40.3 Å². The van der Waals surface area contributed by atoms with Gasteiger partial charge >= 0.3 is 0 Å². The first-order chi connectivity index (χ1) is 7.24. The molecule has 0 spiro atoms. The molecule has 0 atom stereocenters. The van der Waals surface area contributed by atoms with E-state index in [-0.39, 0.29) is 0 Å². The zero-order valence-electron chi connectivity index (χ0n) is 10.2. The first-order valence-corrected chi connectivity index (χ1v) is 5.48. The van der Waals surface area contributed by atoms with Crippen molar-refractivity contribution in [3.05, 3.63) is 12.8 Å². The Labute approximate surface area is 93.5 Å². The quantitative estimate of drug-likeness (QED) is 0.459. The normalized spacial score (nSPS) is 11.9. The summed E-state index contributed by atoms with van der Waals surface area (Å²) in [5.74, 6) is 0.991. The Morgan fingerprint density at radius 3 is 2.80 bits per heavy atom. The molecule has 0 aliphatic carbocycles. The van der Waals surface area contributed by atoms with Crippen LogP contribution in [0.3, 0.4) is 0 Å². The van der Waals surface area contributed by atoms with Gasteiger partial charge in [0.15, 0.2) is 0 Å². The van der Waals surface area contributed by atoms with E-state index < -0.39 is 0 Å². The minimum Gasteiger partial charge on any atom is -0.350 e. The lowest BCUT2D eigenvalue weighted by molar-refractivity contribution is 0.378. The third kappa shape index (κ3) is 8.15. The van der Waals surface area contributed by atoms with Crippen LogP contribution in [0.5, 0.6) is 0 Å². The lowest BCUT2D eigenvalue weighted by Gasteiger charge is -2.17. The molecule has 0 saturated carbocycles. The zero-order chi connectivity index (χ0) is 11.5. The first kappa shape index (κ1) is 14.1. The molecule has 0 aromatic heterocycles. The van der Waals surface area contributed by atoms with Gasteiger partial charge in [0, 0.05) is 19.6 Å². The monoisotopic (exact) mass is 212 g/mol. The number of hydrogen-bond acceptors (Lipinski definition) is 3. The lowest BCUT2D eigenvalue weighted by atomic mass is 10.4. The van der Waals surface area contributed by atoms with E-state index in [0.717, 1.165) is 38.4 Å². The van der Waals surface area contributed by atoms with Gasteiger partial charge in [-0.25, -0.2) is 0 Å². The minimum absolute atomic E-state index is 0.841. The van der Waals surface area contributed by atoms with Crippen LogP contribution in [0.4, 0.5) is 0 Å². The van der Waals surface area contributed by atoms with Gasteiger partial charge in [-0.3, -0.25) is 9.89 Å². The number of nitrogens with one attached hydrogen (secondary N) is 2. The highest BCUT2D eigenvalue weighted by molar-refractivity contribution is 5.84. The van der Waals surface area contributed by atoms with Crippen molar-refractivity contribution in [3.63, 3.8) is 0 Å². The number of nitrogens with zero attached hydrogens (tertiary/aromatic N) is 2. The van der Waals surface area contributed by atoms with Crippen molar-refractivity contribution < 1.29 is 0 Å². The van der Waals surface area contributed by atoms with Crippen molar-refractivity contribution in [1.29, 1.82) is 0 Å². The molecule has 0 unspecified atom stereocenters. The van der Waals surface area contributed by atoms with Crippen molar-refractivity contribution >= 4 is 5.84 Å². The molecule has 4 nitrogen and oxygen atoms in total. The highest BCUT2D eigenvalue weighted by Crippen LogP contribution is 1.86. The van der Waals surface area contributed by atoms with E-state index in [1.807, 2.05) is 7.05 Å². The van der Waals surface area contributed by atoms with Crippen molar-refractivity contribution in [1.82, 2.24) is 15.5 Å². The summed E-state index contributed by atoms with van der Waals surface area (Å²) < 4.78 is 0. The topological polar surface area (TPSA) is 39.7 Å². The van der Waals surface area contributed by atoms with Crippen LogP contribution in [0.15, 0.2) is 17.8 Å². The summed E-state index contributed by atoms with van der Waals surface area (Å²) in [5, 5.41) is 6.20. The van der Waals surface area contributed by atoms with Crippen LogP contribution in [0.2, 0.25) is 0 Å². The predicted octanol–water partition coefficient (Wildman–Crippen LogP) is 0.679. The highest BCUT2D eigenvalue weighted by Gasteiger charge is 2.01. The van der Waals surface area contributed by atoms with E-state index in [9.17, 15) is 0 Å². The molecular formula is C11H24N4. The van der Waals surface area contributed by atoms with Gasteiger partial charge in [-0.1, -0.05) is 13.5 Å². The van der Waals surface area contributed by atoms with Gasteiger partial charge in [-0.15, -0.1) is 0 Å². The zero-order valence-corrected chi connectivity index (χ0v) is 10.2. The third-order valence-electron chi connectivity index (χ3n) is 1.96. The predicted molar refractivity (Wildman–Crippen MR) is 67.3 cm³/mol. The van der Waals surface area contributed by atoms with Crippen LogP contribution in [-0.4, -0.2) is 51.0 Å². The van der Waals surface area contributed by atoms with E-state index in [4.69, 9.17) is 0 Å². The van der Waals surface area contributed by atoms with E-state index in [1.54, 1.807) is 6.20 Å². The average Bonchev–Trinajstić information content (AvgIpc) is 2.23. The Morgan fingerprint density at radius 2 is 2.27 bits per heavy atom. The smallest absolute Gasteiger partial charge is 0.114 e. The number of aliphatic imine (C=N–C) groups is 1. The molecule has 0 saturated heterocycles. The molecule has 0 aliphatic rings. The molecule has 15 heavy (non-hydrogen) atoms. The molecule has 0 heterocycles. The molecule has 0 aromatic rings. The average molecular weight is 212 g/mol. The first-order valence-electron chi connectivity index (χ1n) is 5.48. The largest absolute Gasteiger partial charge is 0.350 e. The number of likely N-dealkylation sites (N-methyl/N-ethyl adjacent to an activating group) is 2. The Hall–Kier alpha value is -0.870. The van der Waals surface area contributed by atoms with Gasteiger partial charge in [-0.05, 0) is 26.7 Å². The molecule has 0 radical (unpaired) electrons. The Kier molecular flexibility index (Phi) is 9.11. The second kappa shape index (κ2) is 9.68. The lowest BCUT2D eigenvalue weighted by Crippen LogP contribution is -2.36. The fourth-order valence-electron chi connectivity index (χ4n) is 1.14.